The number of hydrogen-bond donors (Lipinski definition) is 1. The van der Waals surface area contributed by atoms with E-state index in [0.29, 0.717) is 6.54 Å². The summed E-state index contributed by atoms with van der Waals surface area (Å²) in [6.45, 7) is 2.74. The van der Waals surface area contributed by atoms with Crippen LogP contribution in [0.15, 0.2) is 46.9 Å². The summed E-state index contributed by atoms with van der Waals surface area (Å²) in [5.41, 5.74) is 3.32. The van der Waals surface area contributed by atoms with Crippen molar-refractivity contribution in [1.82, 2.24) is 0 Å². The second-order valence-electron chi connectivity index (χ2n) is 3.94. The molecule has 1 N–H and O–H groups in total. The van der Waals surface area contributed by atoms with Crippen LogP contribution >= 0.6 is 15.9 Å². The highest BCUT2D eigenvalue weighted by molar-refractivity contribution is 9.10. The summed E-state index contributed by atoms with van der Waals surface area (Å²) in [5.74, 6) is -0.201. The number of hydrogen-bond acceptors (Lipinski definition) is 1. The number of nitrogens with one attached hydrogen (secondary N) is 1. The molecule has 0 heterocycles. The van der Waals surface area contributed by atoms with E-state index in [1.807, 2.05) is 19.1 Å². The van der Waals surface area contributed by atoms with Crippen molar-refractivity contribution < 1.29 is 4.39 Å². The molecule has 0 radical (unpaired) electrons. The fourth-order valence-electron chi connectivity index (χ4n) is 1.56. The third-order valence-electron chi connectivity index (χ3n) is 2.57. The van der Waals surface area contributed by atoms with Crippen LogP contribution in [0.4, 0.5) is 10.1 Å². The van der Waals surface area contributed by atoms with E-state index in [9.17, 15) is 4.39 Å². The number of benzene rings is 2. The first-order valence-electron chi connectivity index (χ1n) is 5.39. The molecule has 3 heteroatoms. The molecule has 0 spiro atoms. The molecule has 0 aliphatic carbocycles. The van der Waals surface area contributed by atoms with Gasteiger partial charge in [-0.2, -0.15) is 0 Å². The molecule has 0 atom stereocenters. The lowest BCUT2D eigenvalue weighted by atomic mass is 10.2. The number of anilines is 1. The van der Waals surface area contributed by atoms with E-state index in [-0.39, 0.29) is 5.82 Å². The van der Waals surface area contributed by atoms with E-state index in [1.165, 1.54) is 17.7 Å². The van der Waals surface area contributed by atoms with E-state index >= 15 is 0 Å². The lowest BCUT2D eigenvalue weighted by Crippen LogP contribution is -1.99. The predicted molar refractivity (Wildman–Crippen MR) is 72.6 cm³/mol. The van der Waals surface area contributed by atoms with Crippen LogP contribution < -0.4 is 5.32 Å². The lowest BCUT2D eigenvalue weighted by Gasteiger charge is -2.08. The molecule has 0 fully saturated rings. The van der Waals surface area contributed by atoms with E-state index in [1.54, 1.807) is 12.1 Å². The van der Waals surface area contributed by atoms with E-state index in [4.69, 9.17) is 0 Å². The Kier molecular flexibility index (Phi) is 3.79. The van der Waals surface area contributed by atoms with E-state index in [2.05, 4.69) is 27.3 Å². The topological polar surface area (TPSA) is 12.0 Å². The third-order valence-corrected chi connectivity index (χ3v) is 3.46. The zero-order chi connectivity index (χ0) is 12.3. The van der Waals surface area contributed by atoms with Crippen LogP contribution in [0.25, 0.3) is 0 Å². The largest absolute Gasteiger partial charge is 0.381 e. The summed E-state index contributed by atoms with van der Waals surface area (Å²) < 4.78 is 13.8. The van der Waals surface area contributed by atoms with Crippen LogP contribution in [0.5, 0.6) is 0 Å². The van der Waals surface area contributed by atoms with Crippen LogP contribution in [0.3, 0.4) is 0 Å². The molecule has 0 saturated carbocycles. The van der Waals surface area contributed by atoms with Gasteiger partial charge in [0.05, 0.1) is 0 Å². The molecule has 0 saturated heterocycles. The Morgan fingerprint density at radius 2 is 1.82 bits per heavy atom. The first kappa shape index (κ1) is 12.1. The molecule has 0 aliphatic rings. The second-order valence-corrected chi connectivity index (χ2v) is 4.80. The Morgan fingerprint density at radius 3 is 2.47 bits per heavy atom. The highest BCUT2D eigenvalue weighted by Crippen LogP contribution is 2.20. The van der Waals surface area contributed by atoms with Gasteiger partial charge in [-0.05, 0) is 48.4 Å². The first-order chi connectivity index (χ1) is 8.15. The Hall–Kier alpha value is -1.35. The van der Waals surface area contributed by atoms with Crippen LogP contribution in [0.2, 0.25) is 0 Å². The third kappa shape index (κ3) is 3.30. The van der Waals surface area contributed by atoms with Gasteiger partial charge in [0.25, 0.3) is 0 Å². The summed E-state index contributed by atoms with van der Waals surface area (Å²) in [5, 5.41) is 3.31. The van der Waals surface area contributed by atoms with Gasteiger partial charge >= 0.3 is 0 Å². The average Bonchev–Trinajstić information content (AvgIpc) is 2.33. The van der Waals surface area contributed by atoms with Gasteiger partial charge in [-0.3, -0.25) is 0 Å². The summed E-state index contributed by atoms with van der Waals surface area (Å²) in [4.78, 5) is 0. The second kappa shape index (κ2) is 5.32. The maximum Gasteiger partial charge on any atom is 0.123 e. The van der Waals surface area contributed by atoms with E-state index in [0.717, 1.165) is 15.7 Å². The average molecular weight is 294 g/mol. The number of halogens is 2. The minimum Gasteiger partial charge on any atom is -0.381 e. The van der Waals surface area contributed by atoms with E-state index < -0.39 is 0 Å². The SMILES string of the molecule is Cc1cc(NCc2ccc(F)cc2)ccc1Br. The summed E-state index contributed by atoms with van der Waals surface area (Å²) in [7, 11) is 0. The van der Waals surface area contributed by atoms with Crippen LogP contribution in [0.1, 0.15) is 11.1 Å². The van der Waals surface area contributed by atoms with Gasteiger partial charge in [0.1, 0.15) is 5.82 Å². The molecular weight excluding hydrogens is 281 g/mol. The fraction of sp³-hybridized carbons (Fsp3) is 0.143. The van der Waals surface area contributed by atoms with Gasteiger partial charge in [-0.15, -0.1) is 0 Å². The van der Waals surface area contributed by atoms with Crippen molar-refractivity contribution >= 4 is 21.6 Å². The Bertz CT molecular complexity index is 508. The van der Waals surface area contributed by atoms with Gasteiger partial charge < -0.3 is 5.32 Å². The summed E-state index contributed by atoms with van der Waals surface area (Å²) >= 11 is 3.46. The molecule has 0 unspecified atom stereocenters. The number of aryl methyl sites for hydroxylation is 1. The van der Waals surface area contributed by atoms with Gasteiger partial charge in [-0.25, -0.2) is 4.39 Å². The van der Waals surface area contributed by atoms with Crippen molar-refractivity contribution in [3.05, 3.63) is 63.9 Å². The Balaban J connectivity index is 2.02. The summed E-state index contributed by atoms with van der Waals surface area (Å²) in [6, 6.07) is 12.6. The molecule has 2 aromatic rings. The minimum absolute atomic E-state index is 0.201. The van der Waals surface area contributed by atoms with Gasteiger partial charge in [-0.1, -0.05) is 28.1 Å². The summed E-state index contributed by atoms with van der Waals surface area (Å²) in [6.07, 6.45) is 0. The zero-order valence-electron chi connectivity index (χ0n) is 9.50. The monoisotopic (exact) mass is 293 g/mol. The van der Waals surface area contributed by atoms with Crippen molar-refractivity contribution in [2.45, 2.75) is 13.5 Å². The van der Waals surface area contributed by atoms with Crippen molar-refractivity contribution in [2.75, 3.05) is 5.32 Å². The van der Waals surface area contributed by atoms with Crippen molar-refractivity contribution in [2.24, 2.45) is 0 Å². The highest BCUT2D eigenvalue weighted by atomic mass is 79.9. The molecule has 1 nitrogen and oxygen atoms in total. The maximum atomic E-state index is 12.7. The minimum atomic E-state index is -0.201. The molecule has 2 aromatic carbocycles. The molecule has 0 aliphatic heterocycles. The van der Waals surface area contributed by atoms with Crippen molar-refractivity contribution in [3.63, 3.8) is 0 Å². The fourth-order valence-corrected chi connectivity index (χ4v) is 1.81. The van der Waals surface area contributed by atoms with Crippen molar-refractivity contribution in [3.8, 4) is 0 Å². The maximum absolute atomic E-state index is 12.7. The molecular formula is C14H13BrFN. The standard InChI is InChI=1S/C14H13BrFN/c1-10-8-13(6-7-14(10)15)17-9-11-2-4-12(16)5-3-11/h2-8,17H,9H2,1H3. The molecule has 88 valence electrons. The Labute approximate surface area is 109 Å². The lowest BCUT2D eigenvalue weighted by molar-refractivity contribution is 0.627. The number of rotatable bonds is 3. The zero-order valence-corrected chi connectivity index (χ0v) is 11.1. The molecule has 0 bridgehead atoms. The quantitative estimate of drug-likeness (QED) is 0.878. The Morgan fingerprint density at radius 1 is 1.12 bits per heavy atom. The normalized spacial score (nSPS) is 10.3. The molecule has 0 amide bonds. The van der Waals surface area contributed by atoms with Gasteiger partial charge in [0.2, 0.25) is 0 Å². The van der Waals surface area contributed by atoms with Crippen LogP contribution in [0, 0.1) is 12.7 Å². The molecule has 17 heavy (non-hydrogen) atoms. The predicted octanol–water partition coefficient (Wildman–Crippen LogP) is 4.51. The molecule has 0 aromatic heterocycles. The van der Waals surface area contributed by atoms with Crippen molar-refractivity contribution in [1.29, 1.82) is 0 Å². The smallest absolute Gasteiger partial charge is 0.123 e. The first-order valence-corrected chi connectivity index (χ1v) is 6.19. The van der Waals surface area contributed by atoms with Gasteiger partial charge in [0, 0.05) is 16.7 Å². The molecule has 2 rings (SSSR count). The van der Waals surface area contributed by atoms with Gasteiger partial charge in [0.15, 0.2) is 0 Å². The van der Waals surface area contributed by atoms with Crippen LogP contribution in [-0.4, -0.2) is 0 Å². The highest BCUT2D eigenvalue weighted by Gasteiger charge is 1.98. The van der Waals surface area contributed by atoms with Crippen LogP contribution in [-0.2, 0) is 6.54 Å².